The molecule has 0 unspecified atom stereocenters. The zero-order valence-electron chi connectivity index (χ0n) is 13.7. The predicted octanol–water partition coefficient (Wildman–Crippen LogP) is 6.12. The number of H-pyrrole nitrogens is 1. The lowest BCUT2D eigenvalue weighted by Crippen LogP contribution is -2.31. The molecule has 3 rings (SSSR count). The van der Waals surface area contributed by atoms with Gasteiger partial charge in [0.25, 0.3) is 0 Å². The van der Waals surface area contributed by atoms with Crippen molar-refractivity contribution < 1.29 is 0 Å². The molecule has 1 N–H and O–H groups in total. The molecular weight excluding hydrogens is 254 g/mol. The highest BCUT2D eigenvalue weighted by Crippen LogP contribution is 2.46. The minimum absolute atomic E-state index is 0.429. The lowest BCUT2D eigenvalue weighted by molar-refractivity contribution is 0.288. The quantitative estimate of drug-likeness (QED) is 0.657. The molecule has 0 aliphatic heterocycles. The fourth-order valence-corrected chi connectivity index (χ4v) is 4.30. The van der Waals surface area contributed by atoms with Crippen molar-refractivity contribution in [1.29, 1.82) is 0 Å². The molecule has 1 aliphatic carbocycles. The van der Waals surface area contributed by atoms with Crippen LogP contribution in [0.5, 0.6) is 0 Å². The SMILES string of the molecule is CCCCC1(CCCC)CCCc2c1[nH]c1ccccc21. The number of aromatic nitrogens is 1. The Morgan fingerprint density at radius 2 is 1.76 bits per heavy atom. The minimum atomic E-state index is 0.429. The van der Waals surface area contributed by atoms with Gasteiger partial charge in [-0.3, -0.25) is 0 Å². The first-order chi connectivity index (χ1) is 10.3. The average molecular weight is 283 g/mol. The van der Waals surface area contributed by atoms with Crippen LogP contribution in [0.3, 0.4) is 0 Å². The molecule has 0 amide bonds. The molecule has 1 aromatic carbocycles. The van der Waals surface area contributed by atoms with Gasteiger partial charge in [0.05, 0.1) is 0 Å². The number of fused-ring (bicyclic) bond motifs is 3. The monoisotopic (exact) mass is 283 g/mol. The van der Waals surface area contributed by atoms with Crippen LogP contribution in [0.4, 0.5) is 0 Å². The summed E-state index contributed by atoms with van der Waals surface area (Å²) in [6, 6.07) is 8.90. The van der Waals surface area contributed by atoms with Gasteiger partial charge < -0.3 is 4.98 Å². The van der Waals surface area contributed by atoms with Gasteiger partial charge in [-0.25, -0.2) is 0 Å². The highest BCUT2D eigenvalue weighted by Gasteiger charge is 2.37. The summed E-state index contributed by atoms with van der Waals surface area (Å²) in [4.78, 5) is 3.82. The zero-order chi connectivity index (χ0) is 14.7. The molecule has 0 saturated carbocycles. The number of benzene rings is 1. The number of nitrogens with one attached hydrogen (secondary N) is 1. The summed E-state index contributed by atoms with van der Waals surface area (Å²) in [6.07, 6.45) is 12.1. The van der Waals surface area contributed by atoms with Crippen LogP contribution >= 0.6 is 0 Å². The maximum Gasteiger partial charge on any atom is 0.0459 e. The number of para-hydroxylation sites is 1. The minimum Gasteiger partial charge on any atom is -0.358 e. The van der Waals surface area contributed by atoms with Gasteiger partial charge in [0.1, 0.15) is 0 Å². The molecule has 1 aromatic heterocycles. The first-order valence-electron chi connectivity index (χ1n) is 8.91. The van der Waals surface area contributed by atoms with Crippen molar-refractivity contribution in [3.63, 3.8) is 0 Å². The van der Waals surface area contributed by atoms with E-state index in [1.54, 1.807) is 11.3 Å². The van der Waals surface area contributed by atoms with E-state index in [1.165, 1.54) is 68.7 Å². The van der Waals surface area contributed by atoms with Crippen LogP contribution in [0, 0.1) is 0 Å². The number of aromatic amines is 1. The topological polar surface area (TPSA) is 15.8 Å². The standard InChI is InChI=1S/C20H29N/c1-3-5-13-20(14-6-4-2)15-9-11-17-16-10-7-8-12-18(16)21-19(17)20/h7-8,10,12,21H,3-6,9,11,13-15H2,1-2H3. The normalized spacial score (nSPS) is 17.0. The molecule has 0 radical (unpaired) electrons. The second-order valence-electron chi connectivity index (χ2n) is 6.87. The van der Waals surface area contributed by atoms with E-state index in [9.17, 15) is 0 Å². The summed E-state index contributed by atoms with van der Waals surface area (Å²) in [5.41, 5.74) is 5.00. The van der Waals surface area contributed by atoms with Gasteiger partial charge in [-0.15, -0.1) is 0 Å². The van der Waals surface area contributed by atoms with E-state index in [-0.39, 0.29) is 0 Å². The molecule has 0 atom stereocenters. The maximum atomic E-state index is 3.82. The van der Waals surface area contributed by atoms with Crippen molar-refractivity contribution in [2.24, 2.45) is 0 Å². The Bertz CT molecular complexity index is 585. The van der Waals surface area contributed by atoms with Gasteiger partial charge in [-0.2, -0.15) is 0 Å². The smallest absolute Gasteiger partial charge is 0.0459 e. The third-order valence-corrected chi connectivity index (χ3v) is 5.44. The van der Waals surface area contributed by atoms with Crippen molar-refractivity contribution >= 4 is 10.9 Å². The highest BCUT2D eigenvalue weighted by molar-refractivity contribution is 5.85. The fourth-order valence-electron chi connectivity index (χ4n) is 4.30. The Kier molecular flexibility index (Phi) is 4.37. The Morgan fingerprint density at radius 3 is 2.48 bits per heavy atom. The van der Waals surface area contributed by atoms with Crippen molar-refractivity contribution in [3.05, 3.63) is 35.5 Å². The van der Waals surface area contributed by atoms with Crippen LogP contribution in [0.15, 0.2) is 24.3 Å². The van der Waals surface area contributed by atoms with Gasteiger partial charge in [-0.05, 0) is 43.7 Å². The number of rotatable bonds is 6. The molecule has 0 bridgehead atoms. The summed E-state index contributed by atoms with van der Waals surface area (Å²) in [5.74, 6) is 0. The molecule has 114 valence electrons. The lowest BCUT2D eigenvalue weighted by atomic mass is 9.67. The lowest BCUT2D eigenvalue weighted by Gasteiger charge is -2.38. The molecule has 1 aliphatic rings. The van der Waals surface area contributed by atoms with E-state index in [1.807, 2.05) is 0 Å². The number of hydrogen-bond acceptors (Lipinski definition) is 0. The average Bonchev–Trinajstić information content (AvgIpc) is 2.91. The third-order valence-electron chi connectivity index (χ3n) is 5.44. The summed E-state index contributed by atoms with van der Waals surface area (Å²) in [6.45, 7) is 4.64. The molecule has 21 heavy (non-hydrogen) atoms. The zero-order valence-corrected chi connectivity index (χ0v) is 13.7. The van der Waals surface area contributed by atoms with Crippen molar-refractivity contribution in [2.45, 2.75) is 77.0 Å². The Balaban J connectivity index is 2.06. The van der Waals surface area contributed by atoms with Crippen LogP contribution in [-0.2, 0) is 11.8 Å². The molecule has 0 saturated heterocycles. The fraction of sp³-hybridized carbons (Fsp3) is 0.600. The molecule has 0 fully saturated rings. The molecule has 2 aromatic rings. The first kappa shape index (κ1) is 14.7. The van der Waals surface area contributed by atoms with E-state index < -0.39 is 0 Å². The van der Waals surface area contributed by atoms with Crippen LogP contribution in [0.25, 0.3) is 10.9 Å². The summed E-state index contributed by atoms with van der Waals surface area (Å²) < 4.78 is 0. The molecule has 1 heteroatoms. The van der Waals surface area contributed by atoms with E-state index in [4.69, 9.17) is 0 Å². The van der Waals surface area contributed by atoms with Gasteiger partial charge in [0.15, 0.2) is 0 Å². The van der Waals surface area contributed by atoms with Crippen molar-refractivity contribution in [1.82, 2.24) is 4.98 Å². The Hall–Kier alpha value is -1.24. The second kappa shape index (κ2) is 6.25. The molecule has 0 spiro atoms. The molecule has 1 heterocycles. The van der Waals surface area contributed by atoms with E-state index in [0.29, 0.717) is 5.41 Å². The van der Waals surface area contributed by atoms with E-state index in [0.717, 1.165) is 0 Å². The van der Waals surface area contributed by atoms with Crippen LogP contribution in [-0.4, -0.2) is 4.98 Å². The molecule has 1 nitrogen and oxygen atoms in total. The van der Waals surface area contributed by atoms with Gasteiger partial charge in [-0.1, -0.05) is 57.7 Å². The van der Waals surface area contributed by atoms with Crippen molar-refractivity contribution in [2.75, 3.05) is 0 Å². The third kappa shape index (κ3) is 2.63. The predicted molar refractivity (Wildman–Crippen MR) is 92.0 cm³/mol. The number of hydrogen-bond donors (Lipinski definition) is 1. The highest BCUT2D eigenvalue weighted by atomic mass is 14.8. The Labute approximate surface area is 129 Å². The van der Waals surface area contributed by atoms with Crippen LogP contribution in [0.1, 0.15) is 76.5 Å². The van der Waals surface area contributed by atoms with E-state index >= 15 is 0 Å². The maximum absolute atomic E-state index is 3.82. The Morgan fingerprint density at radius 1 is 1.05 bits per heavy atom. The molecular formula is C20H29N. The van der Waals surface area contributed by atoms with Crippen molar-refractivity contribution in [3.8, 4) is 0 Å². The first-order valence-corrected chi connectivity index (χ1v) is 8.91. The summed E-state index contributed by atoms with van der Waals surface area (Å²) in [5, 5.41) is 1.48. The summed E-state index contributed by atoms with van der Waals surface area (Å²) in [7, 11) is 0. The van der Waals surface area contributed by atoms with E-state index in [2.05, 4.69) is 43.1 Å². The summed E-state index contributed by atoms with van der Waals surface area (Å²) >= 11 is 0. The van der Waals surface area contributed by atoms with Gasteiger partial charge >= 0.3 is 0 Å². The number of aryl methyl sites for hydroxylation is 1. The van der Waals surface area contributed by atoms with Gasteiger partial charge in [0.2, 0.25) is 0 Å². The second-order valence-corrected chi connectivity index (χ2v) is 6.87. The van der Waals surface area contributed by atoms with Gasteiger partial charge in [0, 0.05) is 22.0 Å². The van der Waals surface area contributed by atoms with Crippen LogP contribution < -0.4 is 0 Å². The largest absolute Gasteiger partial charge is 0.358 e. The number of unbranched alkanes of at least 4 members (excludes halogenated alkanes) is 2. The van der Waals surface area contributed by atoms with Crippen LogP contribution in [0.2, 0.25) is 0 Å².